The maximum atomic E-state index is 5.73. The van der Waals surface area contributed by atoms with Gasteiger partial charge in [-0.2, -0.15) is 0 Å². The second-order valence-electron chi connectivity index (χ2n) is 3.67. The number of alkyl halides is 1. The zero-order valence-electron chi connectivity index (χ0n) is 9.50. The van der Waals surface area contributed by atoms with Crippen molar-refractivity contribution in [2.24, 2.45) is 0 Å². The van der Waals surface area contributed by atoms with Crippen LogP contribution in [-0.2, 0) is 10.6 Å². The van der Waals surface area contributed by atoms with Crippen molar-refractivity contribution >= 4 is 27.5 Å². The minimum absolute atomic E-state index is 0.241. The van der Waals surface area contributed by atoms with Crippen molar-refractivity contribution in [1.29, 1.82) is 0 Å². The molecule has 0 saturated carbocycles. The Hall–Kier alpha value is -0.250. The van der Waals surface area contributed by atoms with Crippen LogP contribution in [0.5, 0.6) is 5.75 Å². The van der Waals surface area contributed by atoms with Gasteiger partial charge in [0, 0.05) is 5.88 Å². The minimum Gasteiger partial charge on any atom is -0.490 e. The lowest BCUT2D eigenvalue weighted by molar-refractivity contribution is 0.0551. The van der Waals surface area contributed by atoms with E-state index in [0.717, 1.165) is 15.8 Å². The summed E-state index contributed by atoms with van der Waals surface area (Å²) < 4.78 is 11.9. The van der Waals surface area contributed by atoms with Crippen LogP contribution in [0, 0.1) is 0 Å². The SMILES string of the molecule is CC(C)OCCOc1ccc(CCl)cc1Br. The van der Waals surface area contributed by atoms with Crippen molar-refractivity contribution in [3.8, 4) is 5.75 Å². The van der Waals surface area contributed by atoms with Gasteiger partial charge in [-0.3, -0.25) is 0 Å². The number of benzene rings is 1. The predicted molar refractivity (Wildman–Crippen MR) is 70.3 cm³/mol. The Morgan fingerprint density at radius 2 is 2.06 bits per heavy atom. The number of rotatable bonds is 6. The normalized spacial score (nSPS) is 10.8. The largest absolute Gasteiger partial charge is 0.490 e. The predicted octanol–water partition coefficient (Wildman–Crippen LogP) is 3.99. The second-order valence-corrected chi connectivity index (χ2v) is 4.79. The first-order chi connectivity index (χ1) is 7.63. The van der Waals surface area contributed by atoms with Gasteiger partial charge in [0.15, 0.2) is 0 Å². The third-order valence-corrected chi connectivity index (χ3v) is 2.87. The van der Waals surface area contributed by atoms with Crippen LogP contribution in [0.2, 0.25) is 0 Å². The average Bonchev–Trinajstić information content (AvgIpc) is 2.25. The molecule has 0 aliphatic carbocycles. The molecule has 0 amide bonds. The van der Waals surface area contributed by atoms with Crippen molar-refractivity contribution in [1.82, 2.24) is 0 Å². The van der Waals surface area contributed by atoms with E-state index in [2.05, 4.69) is 15.9 Å². The summed E-state index contributed by atoms with van der Waals surface area (Å²) in [7, 11) is 0. The summed E-state index contributed by atoms with van der Waals surface area (Å²) >= 11 is 9.18. The molecule has 16 heavy (non-hydrogen) atoms. The minimum atomic E-state index is 0.241. The van der Waals surface area contributed by atoms with Crippen LogP contribution in [0.4, 0.5) is 0 Å². The van der Waals surface area contributed by atoms with Gasteiger partial charge >= 0.3 is 0 Å². The van der Waals surface area contributed by atoms with Gasteiger partial charge in [-0.05, 0) is 47.5 Å². The van der Waals surface area contributed by atoms with E-state index in [1.165, 1.54) is 0 Å². The molecule has 0 bridgehead atoms. The molecule has 90 valence electrons. The number of hydrogen-bond acceptors (Lipinski definition) is 2. The molecule has 1 rings (SSSR count). The highest BCUT2D eigenvalue weighted by Crippen LogP contribution is 2.26. The molecule has 0 N–H and O–H groups in total. The molecule has 0 aromatic heterocycles. The highest BCUT2D eigenvalue weighted by atomic mass is 79.9. The fourth-order valence-corrected chi connectivity index (χ4v) is 1.89. The average molecular weight is 308 g/mol. The van der Waals surface area contributed by atoms with Gasteiger partial charge in [0.1, 0.15) is 12.4 Å². The Balaban J connectivity index is 2.42. The molecule has 2 nitrogen and oxygen atoms in total. The second kappa shape index (κ2) is 7.15. The van der Waals surface area contributed by atoms with E-state index in [1.54, 1.807) is 0 Å². The van der Waals surface area contributed by atoms with E-state index in [9.17, 15) is 0 Å². The molecule has 0 atom stereocenters. The van der Waals surface area contributed by atoms with E-state index in [0.29, 0.717) is 19.1 Å². The van der Waals surface area contributed by atoms with Crippen LogP contribution in [0.15, 0.2) is 22.7 Å². The lowest BCUT2D eigenvalue weighted by Gasteiger charge is -2.11. The van der Waals surface area contributed by atoms with Crippen molar-refractivity contribution in [3.63, 3.8) is 0 Å². The zero-order valence-corrected chi connectivity index (χ0v) is 11.8. The maximum absolute atomic E-state index is 5.73. The summed E-state index contributed by atoms with van der Waals surface area (Å²) in [4.78, 5) is 0. The molecule has 0 unspecified atom stereocenters. The van der Waals surface area contributed by atoms with E-state index in [-0.39, 0.29) is 6.10 Å². The van der Waals surface area contributed by atoms with Crippen molar-refractivity contribution in [2.45, 2.75) is 25.8 Å². The van der Waals surface area contributed by atoms with Crippen LogP contribution in [0.25, 0.3) is 0 Å². The number of hydrogen-bond donors (Lipinski definition) is 0. The third kappa shape index (κ3) is 4.73. The standard InChI is InChI=1S/C12H16BrClO2/c1-9(2)15-5-6-16-12-4-3-10(8-14)7-11(12)13/h3-4,7,9H,5-6,8H2,1-2H3. The summed E-state index contributed by atoms with van der Waals surface area (Å²) in [5.41, 5.74) is 1.07. The van der Waals surface area contributed by atoms with Gasteiger partial charge in [-0.15, -0.1) is 11.6 Å². The quantitative estimate of drug-likeness (QED) is 0.584. The Bertz CT molecular complexity index is 329. The molecule has 0 radical (unpaired) electrons. The van der Waals surface area contributed by atoms with Gasteiger partial charge in [0.25, 0.3) is 0 Å². The lowest BCUT2D eigenvalue weighted by Crippen LogP contribution is -2.11. The molecule has 0 spiro atoms. The van der Waals surface area contributed by atoms with Gasteiger partial charge < -0.3 is 9.47 Å². The summed E-state index contributed by atoms with van der Waals surface area (Å²) in [6, 6.07) is 5.83. The van der Waals surface area contributed by atoms with Gasteiger partial charge in [0.2, 0.25) is 0 Å². The monoisotopic (exact) mass is 306 g/mol. The summed E-state index contributed by atoms with van der Waals surface area (Å²) in [5, 5.41) is 0. The van der Waals surface area contributed by atoms with Crippen molar-refractivity contribution in [3.05, 3.63) is 28.2 Å². The topological polar surface area (TPSA) is 18.5 Å². The third-order valence-electron chi connectivity index (χ3n) is 1.94. The first-order valence-electron chi connectivity index (χ1n) is 5.22. The van der Waals surface area contributed by atoms with Crippen molar-refractivity contribution in [2.75, 3.05) is 13.2 Å². The Morgan fingerprint density at radius 3 is 2.62 bits per heavy atom. The summed E-state index contributed by atoms with van der Waals surface area (Å²) in [6.07, 6.45) is 0.241. The fraction of sp³-hybridized carbons (Fsp3) is 0.500. The van der Waals surface area contributed by atoms with Gasteiger partial charge in [-0.25, -0.2) is 0 Å². The molecular weight excluding hydrogens is 291 g/mol. The molecule has 0 heterocycles. The summed E-state index contributed by atoms with van der Waals surface area (Å²) in [5.74, 6) is 1.33. The molecule has 1 aromatic rings. The van der Waals surface area contributed by atoms with Crippen LogP contribution in [0.1, 0.15) is 19.4 Å². The molecule has 0 fully saturated rings. The number of halogens is 2. The number of ether oxygens (including phenoxy) is 2. The van der Waals surface area contributed by atoms with E-state index in [4.69, 9.17) is 21.1 Å². The highest BCUT2D eigenvalue weighted by Gasteiger charge is 2.02. The lowest BCUT2D eigenvalue weighted by atomic mass is 10.2. The molecule has 4 heteroatoms. The molecule has 0 saturated heterocycles. The molecular formula is C12H16BrClO2. The Kier molecular flexibility index (Phi) is 6.17. The van der Waals surface area contributed by atoms with E-state index < -0.39 is 0 Å². The first kappa shape index (κ1) is 13.8. The highest BCUT2D eigenvalue weighted by molar-refractivity contribution is 9.10. The first-order valence-corrected chi connectivity index (χ1v) is 6.55. The van der Waals surface area contributed by atoms with Crippen LogP contribution in [-0.4, -0.2) is 19.3 Å². The van der Waals surface area contributed by atoms with Crippen LogP contribution in [0.3, 0.4) is 0 Å². The van der Waals surface area contributed by atoms with E-state index in [1.807, 2.05) is 32.0 Å². The Morgan fingerprint density at radius 1 is 1.31 bits per heavy atom. The smallest absolute Gasteiger partial charge is 0.133 e. The van der Waals surface area contributed by atoms with Gasteiger partial charge in [0.05, 0.1) is 17.2 Å². The molecule has 1 aromatic carbocycles. The molecule has 0 aliphatic heterocycles. The zero-order chi connectivity index (χ0) is 12.0. The fourth-order valence-electron chi connectivity index (χ4n) is 1.18. The molecule has 0 aliphatic rings. The Labute approximate surface area is 110 Å². The van der Waals surface area contributed by atoms with E-state index >= 15 is 0 Å². The van der Waals surface area contributed by atoms with Crippen molar-refractivity contribution < 1.29 is 9.47 Å². The van der Waals surface area contributed by atoms with Gasteiger partial charge in [-0.1, -0.05) is 6.07 Å². The van der Waals surface area contributed by atoms with Crippen LogP contribution >= 0.6 is 27.5 Å². The van der Waals surface area contributed by atoms with Crippen LogP contribution < -0.4 is 4.74 Å². The maximum Gasteiger partial charge on any atom is 0.133 e. The summed E-state index contributed by atoms with van der Waals surface area (Å²) in [6.45, 7) is 5.16.